The highest BCUT2D eigenvalue weighted by Crippen LogP contribution is 2.23. The Kier molecular flexibility index (Phi) is 4.35. The standard InChI is InChI=1S/C14H14N4O2/c1-3-20-10-16-14-11(8-15)9-17-18(14)12-4-6-13(19-2)7-5-12/h4-7,9-10H,3H2,1-2H3/b16-10+. The molecule has 0 saturated heterocycles. The van der Waals surface area contributed by atoms with Gasteiger partial charge in [-0.3, -0.25) is 0 Å². The average Bonchev–Trinajstić information content (AvgIpc) is 2.90. The highest BCUT2D eigenvalue weighted by molar-refractivity contribution is 5.60. The first-order valence-corrected chi connectivity index (χ1v) is 6.06. The Hall–Kier alpha value is -2.81. The topological polar surface area (TPSA) is 72.4 Å². The number of nitriles is 1. The molecule has 1 aromatic heterocycles. The molecule has 1 heterocycles. The molecule has 0 radical (unpaired) electrons. The lowest BCUT2D eigenvalue weighted by atomic mass is 10.3. The number of nitrogens with zero attached hydrogens (tertiary/aromatic N) is 4. The minimum atomic E-state index is 0.386. The maximum atomic E-state index is 9.08. The van der Waals surface area contributed by atoms with E-state index in [2.05, 4.69) is 16.2 Å². The highest BCUT2D eigenvalue weighted by atomic mass is 16.5. The minimum absolute atomic E-state index is 0.386. The molecule has 0 N–H and O–H groups in total. The first kappa shape index (κ1) is 13.6. The first-order valence-electron chi connectivity index (χ1n) is 6.06. The van der Waals surface area contributed by atoms with Gasteiger partial charge in [-0.05, 0) is 31.2 Å². The second-order valence-electron chi connectivity index (χ2n) is 3.79. The Balaban J connectivity index is 2.40. The number of aromatic nitrogens is 2. The van der Waals surface area contributed by atoms with Crippen molar-refractivity contribution < 1.29 is 9.47 Å². The quantitative estimate of drug-likeness (QED) is 0.618. The number of benzene rings is 1. The van der Waals surface area contributed by atoms with Crippen molar-refractivity contribution in [2.45, 2.75) is 6.92 Å². The van der Waals surface area contributed by atoms with Gasteiger partial charge in [0.15, 0.2) is 12.2 Å². The van der Waals surface area contributed by atoms with Gasteiger partial charge in [0.25, 0.3) is 0 Å². The van der Waals surface area contributed by atoms with Crippen LogP contribution in [0, 0.1) is 11.3 Å². The van der Waals surface area contributed by atoms with Gasteiger partial charge in [0, 0.05) is 0 Å². The van der Waals surface area contributed by atoms with Crippen molar-refractivity contribution in [1.29, 1.82) is 5.26 Å². The Morgan fingerprint density at radius 3 is 2.75 bits per heavy atom. The van der Waals surface area contributed by atoms with Crippen LogP contribution >= 0.6 is 0 Å². The van der Waals surface area contributed by atoms with Crippen LogP contribution < -0.4 is 4.74 Å². The molecule has 0 aliphatic rings. The van der Waals surface area contributed by atoms with E-state index < -0.39 is 0 Å². The summed E-state index contributed by atoms with van der Waals surface area (Å²) in [5.74, 6) is 1.19. The highest BCUT2D eigenvalue weighted by Gasteiger charge is 2.11. The molecule has 102 valence electrons. The van der Waals surface area contributed by atoms with E-state index >= 15 is 0 Å². The Morgan fingerprint density at radius 1 is 1.40 bits per heavy atom. The number of hydrogen-bond acceptors (Lipinski definition) is 5. The van der Waals surface area contributed by atoms with E-state index in [0.29, 0.717) is 18.0 Å². The molecule has 20 heavy (non-hydrogen) atoms. The largest absolute Gasteiger partial charge is 0.497 e. The van der Waals surface area contributed by atoms with Gasteiger partial charge >= 0.3 is 0 Å². The fraction of sp³-hybridized carbons (Fsp3) is 0.214. The van der Waals surface area contributed by atoms with Gasteiger partial charge in [-0.25, -0.2) is 4.68 Å². The predicted molar refractivity (Wildman–Crippen MR) is 74.6 cm³/mol. The average molecular weight is 270 g/mol. The van der Waals surface area contributed by atoms with Crippen molar-refractivity contribution in [3.8, 4) is 17.5 Å². The van der Waals surface area contributed by atoms with Crippen molar-refractivity contribution >= 4 is 12.2 Å². The van der Waals surface area contributed by atoms with Crippen molar-refractivity contribution in [3.63, 3.8) is 0 Å². The van der Waals surface area contributed by atoms with E-state index in [0.717, 1.165) is 11.4 Å². The number of rotatable bonds is 5. The van der Waals surface area contributed by atoms with Crippen LogP contribution in [0.1, 0.15) is 12.5 Å². The van der Waals surface area contributed by atoms with E-state index in [1.165, 1.54) is 12.6 Å². The smallest absolute Gasteiger partial charge is 0.176 e. The summed E-state index contributed by atoms with van der Waals surface area (Å²) in [6.07, 6.45) is 2.79. The molecule has 6 nitrogen and oxygen atoms in total. The van der Waals surface area contributed by atoms with Crippen LogP contribution in [0.15, 0.2) is 35.5 Å². The third-order valence-corrected chi connectivity index (χ3v) is 2.60. The van der Waals surface area contributed by atoms with E-state index in [-0.39, 0.29) is 0 Å². The summed E-state index contributed by atoms with van der Waals surface area (Å²) < 4.78 is 11.8. The molecule has 0 fully saturated rings. The summed E-state index contributed by atoms with van der Waals surface area (Å²) >= 11 is 0. The van der Waals surface area contributed by atoms with Crippen LogP contribution in [-0.2, 0) is 4.74 Å². The fourth-order valence-corrected chi connectivity index (χ4v) is 1.62. The van der Waals surface area contributed by atoms with E-state index in [4.69, 9.17) is 14.7 Å². The summed E-state index contributed by atoms with van der Waals surface area (Å²) in [7, 11) is 1.61. The molecule has 0 atom stereocenters. The SMILES string of the molecule is CCO/C=N/c1c(C#N)cnn1-c1ccc(OC)cc1. The van der Waals surface area contributed by atoms with Crippen LogP contribution in [0.5, 0.6) is 5.75 Å². The third kappa shape index (κ3) is 2.78. The van der Waals surface area contributed by atoms with E-state index in [1.807, 2.05) is 31.2 Å². The van der Waals surface area contributed by atoms with Crippen LogP contribution in [0.2, 0.25) is 0 Å². The van der Waals surface area contributed by atoms with Crippen molar-refractivity contribution in [2.24, 2.45) is 4.99 Å². The van der Waals surface area contributed by atoms with Crippen LogP contribution in [0.3, 0.4) is 0 Å². The summed E-state index contributed by atoms with van der Waals surface area (Å²) in [6.45, 7) is 2.38. The summed E-state index contributed by atoms with van der Waals surface area (Å²) in [5, 5.41) is 13.3. The van der Waals surface area contributed by atoms with Gasteiger partial charge in [0.05, 0.1) is 25.6 Å². The zero-order valence-corrected chi connectivity index (χ0v) is 11.3. The van der Waals surface area contributed by atoms with Gasteiger partial charge in [0.2, 0.25) is 0 Å². The zero-order valence-electron chi connectivity index (χ0n) is 11.3. The van der Waals surface area contributed by atoms with Gasteiger partial charge in [-0.15, -0.1) is 0 Å². The lowest BCUT2D eigenvalue weighted by Crippen LogP contribution is -1.96. The first-order chi connectivity index (χ1) is 9.80. The maximum absolute atomic E-state index is 9.08. The van der Waals surface area contributed by atoms with Gasteiger partial charge < -0.3 is 9.47 Å². The summed E-state index contributed by atoms with van der Waals surface area (Å²) in [4.78, 5) is 4.15. The third-order valence-electron chi connectivity index (χ3n) is 2.60. The number of hydrogen-bond donors (Lipinski definition) is 0. The Bertz CT molecular complexity index is 638. The molecule has 2 aromatic rings. The van der Waals surface area contributed by atoms with Crippen molar-refractivity contribution in [1.82, 2.24) is 9.78 Å². The van der Waals surface area contributed by atoms with E-state index in [9.17, 15) is 0 Å². The van der Waals surface area contributed by atoms with Crippen LogP contribution in [0.4, 0.5) is 5.82 Å². The van der Waals surface area contributed by atoms with Gasteiger partial charge in [-0.2, -0.15) is 15.4 Å². The molecule has 0 aliphatic heterocycles. The molecule has 0 amide bonds. The molecule has 1 aromatic carbocycles. The predicted octanol–water partition coefficient (Wildman–Crippen LogP) is 2.45. The Morgan fingerprint density at radius 2 is 2.15 bits per heavy atom. The second-order valence-corrected chi connectivity index (χ2v) is 3.79. The monoisotopic (exact) mass is 270 g/mol. The van der Waals surface area contributed by atoms with Gasteiger partial charge in [0.1, 0.15) is 17.4 Å². The molecule has 0 spiro atoms. The number of ether oxygens (including phenoxy) is 2. The molecule has 0 saturated carbocycles. The summed E-state index contributed by atoms with van der Waals surface area (Å²) in [5.41, 5.74) is 1.17. The van der Waals surface area contributed by atoms with E-state index in [1.54, 1.807) is 11.8 Å². The molecule has 0 unspecified atom stereocenters. The Labute approximate surface area is 116 Å². The number of methoxy groups -OCH3 is 1. The number of aliphatic imine (C=N–C) groups is 1. The summed E-state index contributed by atoms with van der Waals surface area (Å²) in [6, 6.07) is 9.37. The molecule has 2 rings (SSSR count). The maximum Gasteiger partial charge on any atom is 0.176 e. The second kappa shape index (κ2) is 6.38. The normalized spacial score (nSPS) is 10.4. The molecule has 0 aliphatic carbocycles. The van der Waals surface area contributed by atoms with Crippen LogP contribution in [0.25, 0.3) is 5.69 Å². The van der Waals surface area contributed by atoms with Crippen LogP contribution in [-0.4, -0.2) is 29.9 Å². The van der Waals surface area contributed by atoms with Gasteiger partial charge in [-0.1, -0.05) is 0 Å². The zero-order chi connectivity index (χ0) is 14.4. The lowest BCUT2D eigenvalue weighted by molar-refractivity contribution is 0.343. The minimum Gasteiger partial charge on any atom is -0.497 e. The molecular formula is C14H14N4O2. The fourth-order valence-electron chi connectivity index (χ4n) is 1.62. The molecular weight excluding hydrogens is 256 g/mol. The van der Waals surface area contributed by atoms with Crippen molar-refractivity contribution in [2.75, 3.05) is 13.7 Å². The van der Waals surface area contributed by atoms with Crippen molar-refractivity contribution in [3.05, 3.63) is 36.0 Å². The molecule has 6 heteroatoms. The lowest BCUT2D eigenvalue weighted by Gasteiger charge is -2.05. The molecule has 0 bridgehead atoms.